The standard InChI is InChI=1S/C3H10O6Si/c1-4-7-10(8-5-2)9-6-3/h10H,1-3H3. The van der Waals surface area contributed by atoms with Gasteiger partial charge in [0.2, 0.25) is 0 Å². The Labute approximate surface area is 60.3 Å². The van der Waals surface area contributed by atoms with Gasteiger partial charge in [-0.15, -0.1) is 0 Å². The van der Waals surface area contributed by atoms with E-state index in [0.29, 0.717) is 0 Å². The summed E-state index contributed by atoms with van der Waals surface area (Å²) in [7, 11) is 1.59. The van der Waals surface area contributed by atoms with Crippen molar-refractivity contribution in [2.24, 2.45) is 0 Å². The lowest BCUT2D eigenvalue weighted by Crippen LogP contribution is -2.26. The van der Waals surface area contributed by atoms with E-state index in [1.54, 1.807) is 0 Å². The van der Waals surface area contributed by atoms with Gasteiger partial charge in [-0.1, -0.05) is 0 Å². The molecule has 0 aliphatic heterocycles. The minimum atomic E-state index is -2.40. The smallest absolute Gasteiger partial charge is 0.247 e. The molecule has 0 bridgehead atoms. The van der Waals surface area contributed by atoms with Crippen LogP contribution in [0.5, 0.6) is 0 Å². The Bertz CT molecular complexity index is 55.7. The van der Waals surface area contributed by atoms with E-state index in [9.17, 15) is 0 Å². The molecule has 0 heterocycles. The topological polar surface area (TPSA) is 55.4 Å². The van der Waals surface area contributed by atoms with Crippen LogP contribution >= 0.6 is 0 Å². The molecule has 0 amide bonds. The molecule has 0 atom stereocenters. The molecule has 62 valence electrons. The van der Waals surface area contributed by atoms with Crippen molar-refractivity contribution in [2.75, 3.05) is 21.3 Å². The Morgan fingerprint density at radius 3 is 1.20 bits per heavy atom. The van der Waals surface area contributed by atoms with Gasteiger partial charge in [0.05, 0.1) is 21.3 Å². The fourth-order valence-electron chi connectivity index (χ4n) is 0.284. The van der Waals surface area contributed by atoms with Gasteiger partial charge in [-0.25, -0.2) is 28.4 Å². The zero-order valence-electron chi connectivity index (χ0n) is 6.03. The fourth-order valence-corrected chi connectivity index (χ4v) is 0.851. The first kappa shape index (κ1) is 9.98. The van der Waals surface area contributed by atoms with Crippen molar-refractivity contribution < 1.29 is 28.4 Å². The average Bonchev–Trinajstić information content (AvgIpc) is 1.90. The van der Waals surface area contributed by atoms with Crippen LogP contribution in [-0.4, -0.2) is 30.9 Å². The van der Waals surface area contributed by atoms with Gasteiger partial charge in [-0.2, -0.15) is 0 Å². The minimum absolute atomic E-state index is 1.33. The molecule has 0 aliphatic carbocycles. The minimum Gasteiger partial charge on any atom is -0.247 e. The van der Waals surface area contributed by atoms with E-state index in [2.05, 4.69) is 28.4 Å². The average molecular weight is 170 g/mol. The van der Waals surface area contributed by atoms with E-state index in [1.807, 2.05) is 0 Å². The Balaban J connectivity index is 3.30. The lowest BCUT2D eigenvalue weighted by Gasteiger charge is -2.08. The number of rotatable bonds is 6. The largest absolute Gasteiger partial charge is 0.568 e. The zero-order valence-corrected chi connectivity index (χ0v) is 7.18. The first-order valence-corrected chi connectivity index (χ1v) is 3.85. The maximum Gasteiger partial charge on any atom is 0.568 e. The van der Waals surface area contributed by atoms with E-state index in [4.69, 9.17) is 0 Å². The maximum absolute atomic E-state index is 4.47. The van der Waals surface area contributed by atoms with Crippen LogP contribution in [0.25, 0.3) is 0 Å². The van der Waals surface area contributed by atoms with Crippen molar-refractivity contribution >= 4 is 9.53 Å². The summed E-state index contributed by atoms with van der Waals surface area (Å²) in [6.07, 6.45) is 0. The Morgan fingerprint density at radius 1 is 0.700 bits per heavy atom. The van der Waals surface area contributed by atoms with Crippen molar-refractivity contribution in [2.45, 2.75) is 0 Å². The highest BCUT2D eigenvalue weighted by molar-refractivity contribution is 6.35. The van der Waals surface area contributed by atoms with Crippen LogP contribution in [0.1, 0.15) is 0 Å². The zero-order chi connectivity index (χ0) is 7.82. The number of hydrogen-bond acceptors (Lipinski definition) is 6. The van der Waals surface area contributed by atoms with E-state index < -0.39 is 9.53 Å². The molecule has 0 saturated heterocycles. The highest BCUT2D eigenvalue weighted by atomic mass is 28.3. The second kappa shape index (κ2) is 7.09. The van der Waals surface area contributed by atoms with E-state index in [0.717, 1.165) is 0 Å². The van der Waals surface area contributed by atoms with Crippen LogP contribution in [0.2, 0.25) is 0 Å². The van der Waals surface area contributed by atoms with Gasteiger partial charge in [0.1, 0.15) is 0 Å². The third-order valence-electron chi connectivity index (χ3n) is 0.524. The molecular formula is C3H10O6Si. The van der Waals surface area contributed by atoms with E-state index in [-0.39, 0.29) is 0 Å². The maximum atomic E-state index is 4.47. The molecule has 0 aromatic carbocycles. The second-order valence-corrected chi connectivity index (χ2v) is 2.23. The SMILES string of the molecule is COO[SiH](OOC)OOC. The normalized spacial score (nSPS) is 10.8. The highest BCUT2D eigenvalue weighted by Crippen LogP contribution is 1.91. The van der Waals surface area contributed by atoms with Crippen molar-refractivity contribution in [3.63, 3.8) is 0 Å². The molecule has 0 N–H and O–H groups in total. The lowest BCUT2D eigenvalue weighted by atomic mass is 11.8. The Kier molecular flexibility index (Phi) is 7.07. The van der Waals surface area contributed by atoms with Crippen LogP contribution in [-0.2, 0) is 28.4 Å². The summed E-state index contributed by atoms with van der Waals surface area (Å²) in [6, 6.07) is 0. The van der Waals surface area contributed by atoms with E-state index >= 15 is 0 Å². The monoisotopic (exact) mass is 170 g/mol. The van der Waals surface area contributed by atoms with Gasteiger partial charge in [-0.3, -0.25) is 0 Å². The van der Waals surface area contributed by atoms with E-state index in [1.165, 1.54) is 21.3 Å². The molecular weight excluding hydrogens is 160 g/mol. The van der Waals surface area contributed by atoms with Gasteiger partial charge in [0.15, 0.2) is 0 Å². The summed E-state index contributed by atoms with van der Waals surface area (Å²) in [6.45, 7) is 0. The molecule has 7 heteroatoms. The van der Waals surface area contributed by atoms with Gasteiger partial charge < -0.3 is 0 Å². The molecule has 0 saturated carbocycles. The summed E-state index contributed by atoms with van der Waals surface area (Å²) in [5.41, 5.74) is 0. The molecule has 0 rings (SSSR count). The highest BCUT2D eigenvalue weighted by Gasteiger charge is 2.17. The van der Waals surface area contributed by atoms with Crippen LogP contribution in [0.15, 0.2) is 0 Å². The quantitative estimate of drug-likeness (QED) is 0.302. The van der Waals surface area contributed by atoms with Crippen molar-refractivity contribution in [3.8, 4) is 0 Å². The molecule has 0 fully saturated rings. The first-order valence-electron chi connectivity index (χ1n) is 2.43. The Morgan fingerprint density at radius 2 is 1.00 bits per heavy atom. The summed E-state index contributed by atoms with van der Waals surface area (Å²) in [5.74, 6) is 0. The molecule has 0 unspecified atom stereocenters. The number of hydrogen-bond donors (Lipinski definition) is 0. The Hall–Kier alpha value is -0.0231. The molecule has 0 spiro atoms. The predicted molar refractivity (Wildman–Crippen MR) is 31.4 cm³/mol. The van der Waals surface area contributed by atoms with Crippen molar-refractivity contribution in [3.05, 3.63) is 0 Å². The molecule has 0 aliphatic rings. The lowest BCUT2D eigenvalue weighted by molar-refractivity contribution is -0.327. The third kappa shape index (κ3) is 4.82. The van der Waals surface area contributed by atoms with Crippen LogP contribution < -0.4 is 0 Å². The van der Waals surface area contributed by atoms with Gasteiger partial charge >= 0.3 is 9.53 Å². The van der Waals surface area contributed by atoms with Crippen molar-refractivity contribution in [1.29, 1.82) is 0 Å². The van der Waals surface area contributed by atoms with Gasteiger partial charge in [0.25, 0.3) is 0 Å². The summed E-state index contributed by atoms with van der Waals surface area (Å²) in [4.78, 5) is 12.8. The first-order chi connectivity index (χ1) is 4.85. The second-order valence-electron chi connectivity index (χ2n) is 1.08. The van der Waals surface area contributed by atoms with Crippen LogP contribution in [0, 0.1) is 0 Å². The van der Waals surface area contributed by atoms with Crippen molar-refractivity contribution in [1.82, 2.24) is 0 Å². The fraction of sp³-hybridized carbons (Fsp3) is 1.00. The summed E-state index contributed by atoms with van der Waals surface area (Å²) in [5, 5.41) is 0. The molecule has 6 nitrogen and oxygen atoms in total. The molecule has 0 radical (unpaired) electrons. The molecule has 0 aromatic rings. The predicted octanol–water partition coefficient (Wildman–Crippen LogP) is -0.562. The van der Waals surface area contributed by atoms with Gasteiger partial charge in [0, 0.05) is 0 Å². The van der Waals surface area contributed by atoms with Gasteiger partial charge in [-0.05, 0) is 0 Å². The third-order valence-corrected chi connectivity index (χ3v) is 1.57. The molecule has 0 aromatic heterocycles. The molecule has 10 heavy (non-hydrogen) atoms. The van der Waals surface area contributed by atoms with Crippen LogP contribution in [0.4, 0.5) is 0 Å². The summed E-state index contributed by atoms with van der Waals surface area (Å²) >= 11 is 0. The summed E-state index contributed by atoms with van der Waals surface area (Å²) < 4.78 is 13.4. The van der Waals surface area contributed by atoms with Crippen LogP contribution in [0.3, 0.4) is 0 Å².